The van der Waals surface area contributed by atoms with Crippen molar-refractivity contribution in [3.8, 4) is 0 Å². The Kier molecular flexibility index (Phi) is 1.65. The predicted molar refractivity (Wildman–Crippen MR) is 57.4 cm³/mol. The lowest BCUT2D eigenvalue weighted by Crippen LogP contribution is -2.39. The van der Waals surface area contributed by atoms with Crippen molar-refractivity contribution in [2.75, 3.05) is 0 Å². The van der Waals surface area contributed by atoms with Crippen molar-refractivity contribution in [2.24, 2.45) is 28.9 Å². The van der Waals surface area contributed by atoms with Gasteiger partial charge in [0.1, 0.15) is 0 Å². The van der Waals surface area contributed by atoms with Crippen molar-refractivity contribution in [3.05, 3.63) is 0 Å². The number of hydrogen-bond acceptors (Lipinski definition) is 2. The van der Waals surface area contributed by atoms with Gasteiger partial charge in [0, 0.05) is 11.8 Å². The first-order chi connectivity index (χ1) is 6.57. The average Bonchev–Trinajstić information content (AvgIpc) is 2.21. The van der Waals surface area contributed by atoms with E-state index in [0.29, 0.717) is 17.3 Å². The van der Waals surface area contributed by atoms with Crippen molar-refractivity contribution in [1.29, 1.82) is 5.41 Å². The molecule has 0 aromatic heterocycles. The van der Waals surface area contributed by atoms with Crippen molar-refractivity contribution < 1.29 is 0 Å². The first kappa shape index (κ1) is 8.90. The Bertz CT molecular complexity index is 286. The van der Waals surface area contributed by atoms with Gasteiger partial charge in [-0.15, -0.1) is 0 Å². The van der Waals surface area contributed by atoms with Crippen molar-refractivity contribution in [1.82, 2.24) is 0 Å². The highest BCUT2D eigenvalue weighted by Crippen LogP contribution is 2.56. The average molecular weight is 192 g/mol. The van der Waals surface area contributed by atoms with Crippen LogP contribution in [0.15, 0.2) is 0 Å². The molecule has 4 rings (SSSR count). The van der Waals surface area contributed by atoms with E-state index in [1.165, 1.54) is 32.1 Å². The number of rotatable bonds is 0. The molecule has 4 aliphatic carbocycles. The fourth-order valence-corrected chi connectivity index (χ4v) is 4.47. The molecule has 0 heterocycles. The van der Waals surface area contributed by atoms with Crippen LogP contribution in [-0.4, -0.2) is 11.8 Å². The molecule has 2 heteroatoms. The van der Waals surface area contributed by atoms with E-state index in [2.05, 4.69) is 6.92 Å². The molecule has 0 amide bonds. The lowest BCUT2D eigenvalue weighted by Gasteiger charge is -2.46. The summed E-state index contributed by atoms with van der Waals surface area (Å²) in [5, 5.41) is 8.13. The standard InChI is InChI=1S/C12H20N2/c1-12-4-7-2-8(5-12)10(13)11(14)9(3-7)6-12/h7-10,14H,2-6,13H2,1H3. The van der Waals surface area contributed by atoms with Gasteiger partial charge in [-0.3, -0.25) is 0 Å². The van der Waals surface area contributed by atoms with E-state index >= 15 is 0 Å². The van der Waals surface area contributed by atoms with E-state index in [0.717, 1.165) is 11.6 Å². The minimum atomic E-state index is 0.0899. The minimum Gasteiger partial charge on any atom is -0.323 e. The highest BCUT2D eigenvalue weighted by atomic mass is 14.8. The Morgan fingerprint density at radius 1 is 1.29 bits per heavy atom. The van der Waals surface area contributed by atoms with Gasteiger partial charge in [-0.1, -0.05) is 6.92 Å². The van der Waals surface area contributed by atoms with Gasteiger partial charge in [0.15, 0.2) is 0 Å². The monoisotopic (exact) mass is 192 g/mol. The molecule has 78 valence electrons. The van der Waals surface area contributed by atoms with Gasteiger partial charge in [0.2, 0.25) is 0 Å². The second kappa shape index (κ2) is 2.60. The van der Waals surface area contributed by atoms with Crippen LogP contribution >= 0.6 is 0 Å². The summed E-state index contributed by atoms with van der Waals surface area (Å²) >= 11 is 0. The molecule has 0 spiro atoms. The molecular weight excluding hydrogens is 172 g/mol. The summed E-state index contributed by atoms with van der Waals surface area (Å²) in [6, 6.07) is 0.0899. The summed E-state index contributed by atoms with van der Waals surface area (Å²) in [5.74, 6) is 2.03. The third-order valence-corrected chi connectivity index (χ3v) is 4.84. The summed E-state index contributed by atoms with van der Waals surface area (Å²) < 4.78 is 0. The summed E-state index contributed by atoms with van der Waals surface area (Å²) in [6.45, 7) is 2.42. The lowest BCUT2D eigenvalue weighted by atomic mass is 9.59. The summed E-state index contributed by atoms with van der Waals surface area (Å²) in [5.41, 5.74) is 7.58. The zero-order valence-corrected chi connectivity index (χ0v) is 8.92. The zero-order chi connectivity index (χ0) is 9.92. The van der Waals surface area contributed by atoms with Gasteiger partial charge in [-0.25, -0.2) is 0 Å². The first-order valence-electron chi connectivity index (χ1n) is 5.91. The fraction of sp³-hybridized carbons (Fsp3) is 0.917. The van der Waals surface area contributed by atoms with Crippen LogP contribution in [0.3, 0.4) is 0 Å². The Hall–Kier alpha value is -0.370. The van der Waals surface area contributed by atoms with Crippen LogP contribution in [0, 0.1) is 28.6 Å². The second-order valence-electron chi connectivity index (χ2n) is 6.20. The van der Waals surface area contributed by atoms with E-state index < -0.39 is 0 Å². The number of fused-ring (bicyclic) bond motifs is 1. The van der Waals surface area contributed by atoms with Crippen LogP contribution in [-0.2, 0) is 0 Å². The minimum absolute atomic E-state index is 0.0899. The third kappa shape index (κ3) is 1.10. The van der Waals surface area contributed by atoms with Gasteiger partial charge < -0.3 is 11.1 Å². The second-order valence-corrected chi connectivity index (χ2v) is 6.20. The maximum Gasteiger partial charge on any atom is 0.0454 e. The summed E-state index contributed by atoms with van der Waals surface area (Å²) in [4.78, 5) is 0. The highest BCUT2D eigenvalue weighted by molar-refractivity contribution is 5.89. The summed E-state index contributed by atoms with van der Waals surface area (Å²) in [7, 11) is 0. The maximum absolute atomic E-state index is 8.13. The molecule has 0 aliphatic heterocycles. The normalized spacial score (nSPS) is 56.3. The Morgan fingerprint density at radius 3 is 2.79 bits per heavy atom. The van der Waals surface area contributed by atoms with Crippen LogP contribution in [0.4, 0.5) is 0 Å². The van der Waals surface area contributed by atoms with Crippen LogP contribution in [0.2, 0.25) is 0 Å². The van der Waals surface area contributed by atoms with E-state index in [9.17, 15) is 0 Å². The molecule has 4 bridgehead atoms. The molecule has 5 unspecified atom stereocenters. The number of nitrogens with two attached hydrogens (primary N) is 1. The molecule has 4 fully saturated rings. The van der Waals surface area contributed by atoms with E-state index in [4.69, 9.17) is 11.1 Å². The smallest absolute Gasteiger partial charge is 0.0454 e. The summed E-state index contributed by atoms with van der Waals surface area (Å²) in [6.07, 6.45) is 6.49. The van der Waals surface area contributed by atoms with E-state index in [1.807, 2.05) is 0 Å². The quantitative estimate of drug-likeness (QED) is 0.607. The molecule has 2 nitrogen and oxygen atoms in total. The predicted octanol–water partition coefficient (Wildman–Crippen LogP) is 2.18. The highest BCUT2D eigenvalue weighted by Gasteiger charge is 2.50. The van der Waals surface area contributed by atoms with Gasteiger partial charge in [0.05, 0.1) is 0 Å². The van der Waals surface area contributed by atoms with Gasteiger partial charge in [-0.2, -0.15) is 0 Å². The topological polar surface area (TPSA) is 49.9 Å². The fourth-order valence-electron chi connectivity index (χ4n) is 4.47. The SMILES string of the molecule is CC12CC3CC(C1)C(=N)C(N)C(C3)C2. The number of hydrogen-bond donors (Lipinski definition) is 2. The Balaban J connectivity index is 2.03. The first-order valence-corrected chi connectivity index (χ1v) is 5.91. The van der Waals surface area contributed by atoms with Gasteiger partial charge in [0.25, 0.3) is 0 Å². The van der Waals surface area contributed by atoms with Crippen LogP contribution < -0.4 is 5.73 Å². The van der Waals surface area contributed by atoms with Crippen LogP contribution in [0.5, 0.6) is 0 Å². The number of nitrogens with one attached hydrogen (secondary N) is 1. The largest absolute Gasteiger partial charge is 0.323 e. The molecule has 0 radical (unpaired) electrons. The maximum atomic E-state index is 8.13. The molecule has 0 aromatic rings. The molecule has 4 saturated carbocycles. The van der Waals surface area contributed by atoms with Crippen molar-refractivity contribution in [2.45, 2.75) is 45.1 Å². The third-order valence-electron chi connectivity index (χ3n) is 4.84. The molecule has 14 heavy (non-hydrogen) atoms. The van der Waals surface area contributed by atoms with Crippen LogP contribution in [0.25, 0.3) is 0 Å². The molecule has 5 atom stereocenters. The molecular formula is C12H20N2. The Morgan fingerprint density at radius 2 is 2.07 bits per heavy atom. The van der Waals surface area contributed by atoms with Gasteiger partial charge >= 0.3 is 0 Å². The van der Waals surface area contributed by atoms with E-state index in [-0.39, 0.29) is 6.04 Å². The van der Waals surface area contributed by atoms with Crippen molar-refractivity contribution in [3.63, 3.8) is 0 Å². The van der Waals surface area contributed by atoms with Crippen molar-refractivity contribution >= 4 is 5.71 Å². The lowest BCUT2D eigenvalue weighted by molar-refractivity contribution is 0.0528. The van der Waals surface area contributed by atoms with Gasteiger partial charge in [-0.05, 0) is 55.3 Å². The molecule has 0 aromatic carbocycles. The van der Waals surface area contributed by atoms with Crippen LogP contribution in [0.1, 0.15) is 39.0 Å². The molecule has 4 aliphatic rings. The molecule has 0 saturated heterocycles. The zero-order valence-electron chi connectivity index (χ0n) is 8.92. The Labute approximate surface area is 85.8 Å². The van der Waals surface area contributed by atoms with E-state index in [1.54, 1.807) is 0 Å². The molecule has 3 N–H and O–H groups in total.